The summed E-state index contributed by atoms with van der Waals surface area (Å²) in [7, 11) is 1.86. The quantitative estimate of drug-likeness (QED) is 0.842. The number of nitrogens with one attached hydrogen (secondary N) is 1. The normalized spacial score (nSPS) is 20.3. The number of carbonyl (C=O) groups is 1. The van der Waals surface area contributed by atoms with Crippen LogP contribution in [-0.4, -0.2) is 68.4 Å². The molecule has 9 heteroatoms. The molecule has 25 heavy (non-hydrogen) atoms. The SMILES string of the molecule is Cc1cccc(NC(=O)N2CC(N(C)Cc3nnc(C)o3)[C@H](O)C2)n1. The first-order valence-corrected chi connectivity index (χ1v) is 8.09. The Morgan fingerprint density at radius 2 is 2.20 bits per heavy atom. The molecule has 9 nitrogen and oxygen atoms in total. The summed E-state index contributed by atoms with van der Waals surface area (Å²) in [5.41, 5.74) is 0.826. The summed E-state index contributed by atoms with van der Waals surface area (Å²) < 4.78 is 5.37. The van der Waals surface area contributed by atoms with Crippen LogP contribution in [0, 0.1) is 13.8 Å². The molecule has 0 bridgehead atoms. The van der Waals surface area contributed by atoms with E-state index in [0.717, 1.165) is 5.69 Å². The van der Waals surface area contributed by atoms with Crippen LogP contribution >= 0.6 is 0 Å². The van der Waals surface area contributed by atoms with Crippen molar-refractivity contribution in [3.05, 3.63) is 35.7 Å². The number of hydrogen-bond donors (Lipinski definition) is 2. The second-order valence-electron chi connectivity index (χ2n) is 6.26. The van der Waals surface area contributed by atoms with Gasteiger partial charge in [-0.2, -0.15) is 0 Å². The predicted octanol–water partition coefficient (Wildman–Crippen LogP) is 0.790. The number of β-amino-alcohol motifs (C(OH)–C–C–N with tert-alkyl or cyclic N) is 1. The van der Waals surface area contributed by atoms with E-state index in [2.05, 4.69) is 20.5 Å². The van der Waals surface area contributed by atoms with Crippen LogP contribution in [0.4, 0.5) is 10.6 Å². The molecule has 2 aromatic rings. The molecule has 3 rings (SSSR count). The Hall–Kier alpha value is -2.52. The monoisotopic (exact) mass is 346 g/mol. The van der Waals surface area contributed by atoms with E-state index in [4.69, 9.17) is 4.42 Å². The van der Waals surface area contributed by atoms with Gasteiger partial charge < -0.3 is 14.4 Å². The van der Waals surface area contributed by atoms with E-state index in [-0.39, 0.29) is 18.6 Å². The number of hydrogen-bond acceptors (Lipinski definition) is 7. The van der Waals surface area contributed by atoms with Crippen molar-refractivity contribution in [3.8, 4) is 0 Å². The van der Waals surface area contributed by atoms with Crippen molar-refractivity contribution in [2.24, 2.45) is 0 Å². The highest BCUT2D eigenvalue weighted by Crippen LogP contribution is 2.18. The first-order valence-electron chi connectivity index (χ1n) is 8.09. The third-order valence-corrected chi connectivity index (χ3v) is 4.19. The van der Waals surface area contributed by atoms with Crippen molar-refractivity contribution in [2.45, 2.75) is 32.5 Å². The summed E-state index contributed by atoms with van der Waals surface area (Å²) in [5, 5.41) is 20.8. The number of aliphatic hydroxyl groups is 1. The number of anilines is 1. The van der Waals surface area contributed by atoms with Gasteiger partial charge in [-0.1, -0.05) is 6.07 Å². The van der Waals surface area contributed by atoms with Crippen LogP contribution in [0.15, 0.2) is 22.6 Å². The van der Waals surface area contributed by atoms with Crippen LogP contribution in [0.25, 0.3) is 0 Å². The summed E-state index contributed by atoms with van der Waals surface area (Å²) in [6.45, 7) is 4.67. The highest BCUT2D eigenvalue weighted by atomic mass is 16.4. The maximum atomic E-state index is 12.4. The molecule has 0 aromatic carbocycles. The Bertz CT molecular complexity index is 749. The zero-order chi connectivity index (χ0) is 18.0. The molecule has 0 radical (unpaired) electrons. The number of urea groups is 1. The van der Waals surface area contributed by atoms with Gasteiger partial charge in [-0.25, -0.2) is 9.78 Å². The Kier molecular flexibility index (Phi) is 4.95. The van der Waals surface area contributed by atoms with Crippen LogP contribution < -0.4 is 5.32 Å². The standard InChI is InChI=1S/C16H22N6O3/c1-10-5-4-6-14(17-10)18-16(24)22-7-12(13(23)8-22)21(3)9-15-20-19-11(2)25-15/h4-6,12-13,23H,7-9H2,1-3H3,(H,17,18,24)/t12?,13-/m1/s1. The van der Waals surface area contributed by atoms with Crippen LogP contribution in [0.1, 0.15) is 17.5 Å². The van der Waals surface area contributed by atoms with Gasteiger partial charge in [0.2, 0.25) is 11.8 Å². The molecule has 1 saturated heterocycles. The van der Waals surface area contributed by atoms with Crippen LogP contribution in [-0.2, 0) is 6.54 Å². The number of carbonyl (C=O) groups excluding carboxylic acids is 1. The number of amides is 2. The molecular formula is C16H22N6O3. The van der Waals surface area contributed by atoms with E-state index in [0.29, 0.717) is 30.7 Å². The number of rotatable bonds is 4. The van der Waals surface area contributed by atoms with Gasteiger partial charge in [-0.15, -0.1) is 10.2 Å². The maximum Gasteiger partial charge on any atom is 0.323 e. The van der Waals surface area contributed by atoms with Gasteiger partial charge in [-0.05, 0) is 26.1 Å². The van der Waals surface area contributed by atoms with Gasteiger partial charge in [0.15, 0.2) is 0 Å². The average Bonchev–Trinajstić information content (AvgIpc) is 3.13. The highest BCUT2D eigenvalue weighted by Gasteiger charge is 2.37. The van der Waals surface area contributed by atoms with E-state index in [1.165, 1.54) is 0 Å². The van der Waals surface area contributed by atoms with Gasteiger partial charge in [0.05, 0.1) is 25.2 Å². The highest BCUT2D eigenvalue weighted by molar-refractivity contribution is 5.88. The number of aromatic nitrogens is 3. The van der Waals surface area contributed by atoms with E-state index < -0.39 is 6.10 Å². The number of likely N-dealkylation sites (tertiary alicyclic amines) is 1. The van der Waals surface area contributed by atoms with E-state index >= 15 is 0 Å². The third-order valence-electron chi connectivity index (χ3n) is 4.19. The minimum atomic E-state index is -0.648. The first kappa shape index (κ1) is 17.3. The molecule has 0 saturated carbocycles. The lowest BCUT2D eigenvalue weighted by atomic mass is 10.2. The molecule has 2 amide bonds. The Morgan fingerprint density at radius 3 is 2.88 bits per heavy atom. The van der Waals surface area contributed by atoms with Crippen molar-refractivity contribution in [1.29, 1.82) is 0 Å². The van der Waals surface area contributed by atoms with E-state index in [1.54, 1.807) is 17.9 Å². The summed E-state index contributed by atoms with van der Waals surface area (Å²) >= 11 is 0. The molecule has 3 heterocycles. The average molecular weight is 346 g/mol. The summed E-state index contributed by atoms with van der Waals surface area (Å²) in [6, 6.07) is 4.95. The van der Waals surface area contributed by atoms with Crippen LogP contribution in [0.2, 0.25) is 0 Å². The summed E-state index contributed by atoms with van der Waals surface area (Å²) in [5.74, 6) is 1.48. The second kappa shape index (κ2) is 7.16. The molecule has 1 fully saturated rings. The van der Waals surface area contributed by atoms with Crippen molar-refractivity contribution >= 4 is 11.8 Å². The molecule has 1 aliphatic heterocycles. The number of aliphatic hydroxyl groups excluding tert-OH is 1. The van der Waals surface area contributed by atoms with Crippen LogP contribution in [0.5, 0.6) is 0 Å². The fraction of sp³-hybridized carbons (Fsp3) is 0.500. The minimum absolute atomic E-state index is 0.205. The largest absolute Gasteiger partial charge is 0.424 e. The van der Waals surface area contributed by atoms with Crippen molar-refractivity contribution in [2.75, 3.05) is 25.5 Å². The minimum Gasteiger partial charge on any atom is -0.424 e. The van der Waals surface area contributed by atoms with E-state index in [9.17, 15) is 9.90 Å². The molecule has 1 unspecified atom stereocenters. The molecule has 1 aliphatic rings. The first-order chi connectivity index (χ1) is 11.9. The van der Waals surface area contributed by atoms with Gasteiger partial charge in [0.1, 0.15) is 5.82 Å². The number of nitrogens with zero attached hydrogens (tertiary/aromatic N) is 5. The van der Waals surface area contributed by atoms with Gasteiger partial charge in [0.25, 0.3) is 0 Å². The van der Waals surface area contributed by atoms with Gasteiger partial charge in [-0.3, -0.25) is 10.2 Å². The number of aryl methyl sites for hydroxylation is 2. The Labute approximate surface area is 145 Å². The zero-order valence-corrected chi connectivity index (χ0v) is 14.5. The fourth-order valence-corrected chi connectivity index (χ4v) is 2.90. The molecule has 2 N–H and O–H groups in total. The van der Waals surface area contributed by atoms with Crippen molar-refractivity contribution in [1.82, 2.24) is 25.0 Å². The molecule has 2 aromatic heterocycles. The van der Waals surface area contributed by atoms with Crippen LogP contribution in [0.3, 0.4) is 0 Å². The molecule has 2 atom stereocenters. The number of likely N-dealkylation sites (N-methyl/N-ethyl adjacent to an activating group) is 1. The number of pyridine rings is 1. The van der Waals surface area contributed by atoms with E-state index in [1.807, 2.05) is 31.0 Å². The smallest absolute Gasteiger partial charge is 0.323 e. The summed E-state index contributed by atoms with van der Waals surface area (Å²) in [6.07, 6.45) is -0.648. The van der Waals surface area contributed by atoms with Gasteiger partial charge in [0, 0.05) is 19.2 Å². The summed E-state index contributed by atoms with van der Waals surface area (Å²) in [4.78, 5) is 20.2. The van der Waals surface area contributed by atoms with Crippen molar-refractivity contribution in [3.63, 3.8) is 0 Å². The lowest BCUT2D eigenvalue weighted by molar-refractivity contribution is 0.0900. The maximum absolute atomic E-state index is 12.4. The lowest BCUT2D eigenvalue weighted by Crippen LogP contribution is -2.41. The molecule has 134 valence electrons. The molecule has 0 spiro atoms. The third kappa shape index (κ3) is 4.12. The zero-order valence-electron chi connectivity index (χ0n) is 14.5. The Balaban J connectivity index is 1.59. The topological polar surface area (TPSA) is 108 Å². The molecule has 0 aliphatic carbocycles. The van der Waals surface area contributed by atoms with Gasteiger partial charge >= 0.3 is 6.03 Å². The Morgan fingerprint density at radius 1 is 1.40 bits per heavy atom. The predicted molar refractivity (Wildman–Crippen MR) is 89.9 cm³/mol. The lowest BCUT2D eigenvalue weighted by Gasteiger charge is -2.24. The fourth-order valence-electron chi connectivity index (χ4n) is 2.90. The second-order valence-corrected chi connectivity index (χ2v) is 6.26. The molecular weight excluding hydrogens is 324 g/mol. The van der Waals surface area contributed by atoms with Crippen molar-refractivity contribution < 1.29 is 14.3 Å².